The number of hydrogen-bond donors (Lipinski definition) is 2. The lowest BCUT2D eigenvalue weighted by atomic mass is 10.1. The minimum Gasteiger partial charge on any atom is -0.488 e. The summed E-state index contributed by atoms with van der Waals surface area (Å²) in [6.07, 6.45) is 3.85. The van der Waals surface area contributed by atoms with Crippen molar-refractivity contribution in [2.75, 3.05) is 13.1 Å². The second-order valence-electron chi connectivity index (χ2n) is 6.84. The van der Waals surface area contributed by atoms with E-state index < -0.39 is 0 Å². The zero-order chi connectivity index (χ0) is 16.2. The fourth-order valence-corrected chi connectivity index (χ4v) is 3.49. The van der Waals surface area contributed by atoms with E-state index in [0.29, 0.717) is 24.6 Å². The summed E-state index contributed by atoms with van der Waals surface area (Å²) in [6, 6.07) is 21.7. The second-order valence-corrected chi connectivity index (χ2v) is 6.84. The van der Waals surface area contributed by atoms with Crippen LogP contribution in [0.5, 0.6) is 5.75 Å². The Bertz CT molecular complexity index is 635. The third kappa shape index (κ3) is 3.90. The average Bonchev–Trinajstić information content (AvgIpc) is 3.41. The minimum absolute atomic E-state index is 0.541. The van der Waals surface area contributed by atoms with Crippen LogP contribution >= 0.6 is 0 Å². The largest absolute Gasteiger partial charge is 0.488 e. The highest BCUT2D eigenvalue weighted by molar-refractivity contribution is 5.34. The Morgan fingerprint density at radius 1 is 1.21 bits per heavy atom. The van der Waals surface area contributed by atoms with Gasteiger partial charge in [0.05, 0.1) is 0 Å². The molecule has 3 nitrogen and oxygen atoms in total. The van der Waals surface area contributed by atoms with E-state index in [4.69, 9.17) is 4.74 Å². The molecule has 0 amide bonds. The van der Waals surface area contributed by atoms with Crippen LogP contribution < -0.4 is 15.4 Å². The van der Waals surface area contributed by atoms with E-state index in [2.05, 4.69) is 47.0 Å². The Morgan fingerprint density at radius 2 is 2.12 bits per heavy atom. The van der Waals surface area contributed by atoms with Gasteiger partial charge in [-0.2, -0.15) is 0 Å². The number of nitrogens with one attached hydrogen (secondary N) is 2. The molecule has 1 saturated heterocycles. The number of ether oxygens (including phenoxy) is 1. The Hall–Kier alpha value is -2.02. The molecule has 2 fully saturated rings. The van der Waals surface area contributed by atoms with Crippen LogP contribution in [0, 0.1) is 12.1 Å². The maximum absolute atomic E-state index is 5.82. The predicted octanol–water partition coefficient (Wildman–Crippen LogP) is 3.06. The van der Waals surface area contributed by atoms with Gasteiger partial charge < -0.3 is 15.4 Å². The van der Waals surface area contributed by atoms with Crippen LogP contribution in [0.15, 0.2) is 42.5 Å². The molecule has 24 heavy (non-hydrogen) atoms. The van der Waals surface area contributed by atoms with E-state index in [1.54, 1.807) is 0 Å². The smallest absolute Gasteiger partial charge is 0.121 e. The molecular formula is C21H24N2O. The van der Waals surface area contributed by atoms with E-state index >= 15 is 0 Å². The molecule has 0 aromatic heterocycles. The zero-order valence-corrected chi connectivity index (χ0v) is 13.9. The van der Waals surface area contributed by atoms with Crippen LogP contribution in [0.25, 0.3) is 0 Å². The molecule has 1 aliphatic carbocycles. The fraction of sp³-hybridized carbons (Fsp3) is 0.429. The van der Waals surface area contributed by atoms with Crippen LogP contribution in [-0.4, -0.2) is 25.2 Å². The number of hydrogen-bond acceptors (Lipinski definition) is 3. The molecule has 1 aliphatic heterocycles. The van der Waals surface area contributed by atoms with Gasteiger partial charge in [0.25, 0.3) is 0 Å². The van der Waals surface area contributed by atoms with Gasteiger partial charge in [-0.3, -0.25) is 0 Å². The molecule has 2 aromatic carbocycles. The van der Waals surface area contributed by atoms with Crippen LogP contribution in [0.2, 0.25) is 0 Å². The fourth-order valence-electron chi connectivity index (χ4n) is 3.49. The molecular weight excluding hydrogens is 296 g/mol. The lowest BCUT2D eigenvalue weighted by molar-refractivity contribution is 0.306. The van der Waals surface area contributed by atoms with E-state index in [0.717, 1.165) is 17.9 Å². The quantitative estimate of drug-likeness (QED) is 0.858. The van der Waals surface area contributed by atoms with Gasteiger partial charge in [0.1, 0.15) is 12.4 Å². The van der Waals surface area contributed by atoms with Gasteiger partial charge >= 0.3 is 0 Å². The first-order valence-corrected chi connectivity index (χ1v) is 8.95. The highest BCUT2D eigenvalue weighted by Gasteiger charge is 2.39. The van der Waals surface area contributed by atoms with Gasteiger partial charge in [-0.25, -0.2) is 0 Å². The maximum Gasteiger partial charge on any atom is 0.121 e. The Balaban J connectivity index is 1.27. The van der Waals surface area contributed by atoms with Crippen molar-refractivity contribution in [1.82, 2.24) is 10.6 Å². The summed E-state index contributed by atoms with van der Waals surface area (Å²) >= 11 is 0. The molecule has 4 rings (SSSR count). The van der Waals surface area contributed by atoms with Crippen molar-refractivity contribution < 1.29 is 4.74 Å². The minimum atomic E-state index is 0.541. The molecule has 0 radical (unpaired) electrons. The summed E-state index contributed by atoms with van der Waals surface area (Å²) in [5.41, 5.74) is 2.44. The number of piperidine rings is 1. The monoisotopic (exact) mass is 320 g/mol. The zero-order valence-electron chi connectivity index (χ0n) is 13.9. The highest BCUT2D eigenvalue weighted by atomic mass is 16.5. The number of rotatable bonds is 6. The molecule has 3 heteroatoms. The second kappa shape index (κ2) is 7.25. The van der Waals surface area contributed by atoms with Crippen LogP contribution in [0.4, 0.5) is 0 Å². The Labute approximate surface area is 144 Å². The molecule has 0 bridgehead atoms. The van der Waals surface area contributed by atoms with Crippen molar-refractivity contribution in [3.63, 3.8) is 0 Å². The summed E-state index contributed by atoms with van der Waals surface area (Å²) in [7, 11) is 0. The summed E-state index contributed by atoms with van der Waals surface area (Å²) < 4.78 is 5.82. The normalized spacial score (nSPS) is 25.8. The first-order valence-electron chi connectivity index (χ1n) is 8.95. The van der Waals surface area contributed by atoms with E-state index in [-0.39, 0.29) is 0 Å². The molecule has 2 N–H and O–H groups in total. The molecule has 2 aliphatic rings. The van der Waals surface area contributed by atoms with Crippen molar-refractivity contribution in [1.29, 1.82) is 0 Å². The highest BCUT2D eigenvalue weighted by Crippen LogP contribution is 2.41. The third-order valence-corrected chi connectivity index (χ3v) is 4.95. The summed E-state index contributed by atoms with van der Waals surface area (Å²) in [4.78, 5) is 0. The van der Waals surface area contributed by atoms with E-state index in [9.17, 15) is 0 Å². The topological polar surface area (TPSA) is 33.3 Å². The summed E-state index contributed by atoms with van der Waals surface area (Å²) in [5, 5.41) is 7.28. The average molecular weight is 320 g/mol. The molecule has 3 atom stereocenters. The number of benzene rings is 1. The van der Waals surface area contributed by atoms with Crippen molar-refractivity contribution in [2.24, 2.45) is 0 Å². The third-order valence-electron chi connectivity index (χ3n) is 4.95. The van der Waals surface area contributed by atoms with Gasteiger partial charge in [-0.05, 0) is 55.6 Å². The van der Waals surface area contributed by atoms with Crippen molar-refractivity contribution in [3.8, 4) is 5.75 Å². The van der Waals surface area contributed by atoms with Gasteiger partial charge in [0, 0.05) is 30.1 Å². The van der Waals surface area contributed by atoms with E-state index in [1.165, 1.54) is 31.4 Å². The Morgan fingerprint density at radius 3 is 2.88 bits per heavy atom. The molecule has 3 unspecified atom stereocenters. The van der Waals surface area contributed by atoms with Crippen LogP contribution in [0.3, 0.4) is 0 Å². The van der Waals surface area contributed by atoms with Crippen molar-refractivity contribution >= 4 is 0 Å². The first-order chi connectivity index (χ1) is 11.9. The van der Waals surface area contributed by atoms with Gasteiger partial charge in [-0.15, -0.1) is 0 Å². The van der Waals surface area contributed by atoms with Crippen molar-refractivity contribution in [2.45, 2.75) is 43.9 Å². The lowest BCUT2D eigenvalue weighted by Crippen LogP contribution is -2.44. The summed E-state index contributed by atoms with van der Waals surface area (Å²) in [6.45, 7) is 2.83. The molecule has 1 saturated carbocycles. The van der Waals surface area contributed by atoms with Gasteiger partial charge in [0.15, 0.2) is 0 Å². The predicted molar refractivity (Wildman–Crippen MR) is 95.1 cm³/mol. The summed E-state index contributed by atoms with van der Waals surface area (Å²) in [5.74, 6) is 1.58. The molecule has 2 aromatic rings. The first kappa shape index (κ1) is 15.5. The van der Waals surface area contributed by atoms with Gasteiger partial charge in [-0.1, -0.05) is 30.3 Å². The maximum atomic E-state index is 5.82. The molecule has 1 heterocycles. The Kier molecular flexibility index (Phi) is 4.69. The van der Waals surface area contributed by atoms with Crippen LogP contribution in [-0.2, 0) is 6.61 Å². The van der Waals surface area contributed by atoms with Crippen LogP contribution in [0.1, 0.15) is 36.3 Å². The lowest BCUT2D eigenvalue weighted by Gasteiger charge is -2.24. The van der Waals surface area contributed by atoms with Crippen molar-refractivity contribution in [3.05, 3.63) is 65.7 Å². The standard InChI is InChI=1S/C21H24N2O/c1-2-5-16(6-3-1)15-24-19-10-8-17(9-11-19)20-13-21(20)23-18-7-4-12-22-14-18/h1-2,5,8-11,18,20-23H,4,7,12-15H2. The molecule has 124 valence electrons. The SMILES string of the molecule is c1cccc(COc2ccc(C3CC3NC3CCCNC3)cc2)c#1. The molecule has 0 spiro atoms. The van der Waals surface area contributed by atoms with E-state index in [1.807, 2.05) is 18.2 Å². The van der Waals surface area contributed by atoms with Gasteiger partial charge in [0.2, 0.25) is 0 Å².